The van der Waals surface area contributed by atoms with Crippen molar-refractivity contribution in [3.05, 3.63) is 65.6 Å². The van der Waals surface area contributed by atoms with Crippen molar-refractivity contribution in [2.45, 2.75) is 36.7 Å². The van der Waals surface area contributed by atoms with Crippen LogP contribution in [0.1, 0.15) is 34.6 Å². The average molecular weight is 406 g/mol. The highest BCUT2D eigenvalue weighted by molar-refractivity contribution is 7.99. The highest BCUT2D eigenvalue weighted by atomic mass is 32.2. The molecule has 1 fully saturated rings. The van der Waals surface area contributed by atoms with Crippen molar-refractivity contribution in [1.82, 2.24) is 15.0 Å². The molecule has 0 atom stereocenters. The number of carbonyl (C=O) groups excluding carboxylic acids is 1. The fraction of sp³-hybridized carbons (Fsp3) is 0.273. The van der Waals surface area contributed by atoms with E-state index in [9.17, 15) is 4.79 Å². The normalized spacial score (nSPS) is 13.5. The molecule has 6 nitrogen and oxygen atoms in total. The summed E-state index contributed by atoms with van der Waals surface area (Å²) in [5.74, 6) is 0.625. The first kappa shape index (κ1) is 19.4. The number of anilines is 2. The molecule has 4 rings (SSSR count). The van der Waals surface area contributed by atoms with E-state index in [0.29, 0.717) is 5.56 Å². The van der Waals surface area contributed by atoms with Gasteiger partial charge in [0, 0.05) is 41.3 Å². The van der Waals surface area contributed by atoms with Crippen molar-refractivity contribution < 1.29 is 4.79 Å². The number of rotatable bonds is 5. The molecule has 1 aromatic carbocycles. The molecule has 1 aliphatic rings. The van der Waals surface area contributed by atoms with E-state index in [-0.39, 0.29) is 5.91 Å². The van der Waals surface area contributed by atoms with Crippen LogP contribution < -0.4 is 10.2 Å². The predicted octanol–water partition coefficient (Wildman–Crippen LogP) is 4.49. The summed E-state index contributed by atoms with van der Waals surface area (Å²) in [5, 5.41) is 3.71. The first-order valence-corrected chi connectivity index (χ1v) is 10.5. The number of aromatic nitrogens is 3. The van der Waals surface area contributed by atoms with E-state index in [1.807, 2.05) is 50.2 Å². The van der Waals surface area contributed by atoms with Crippen LogP contribution in [-0.4, -0.2) is 33.9 Å². The Bertz CT molecular complexity index is 996. The highest BCUT2D eigenvalue weighted by Crippen LogP contribution is 2.27. The van der Waals surface area contributed by atoms with Crippen molar-refractivity contribution in [3.8, 4) is 0 Å². The zero-order chi connectivity index (χ0) is 20.2. The van der Waals surface area contributed by atoms with Crippen molar-refractivity contribution >= 4 is 29.2 Å². The third-order valence-corrected chi connectivity index (χ3v) is 5.59. The molecule has 1 amide bonds. The van der Waals surface area contributed by atoms with Gasteiger partial charge in [-0.2, -0.15) is 0 Å². The van der Waals surface area contributed by atoms with E-state index in [2.05, 4.69) is 25.2 Å². The molecule has 29 heavy (non-hydrogen) atoms. The number of hydrogen-bond donors (Lipinski definition) is 1. The van der Waals surface area contributed by atoms with E-state index >= 15 is 0 Å². The quantitative estimate of drug-likeness (QED) is 0.631. The van der Waals surface area contributed by atoms with Crippen LogP contribution in [0, 0.1) is 13.8 Å². The Labute approximate surface area is 174 Å². The molecule has 1 saturated heterocycles. The van der Waals surface area contributed by atoms with Gasteiger partial charge in [0.1, 0.15) is 5.82 Å². The van der Waals surface area contributed by atoms with E-state index in [1.54, 1.807) is 12.3 Å². The van der Waals surface area contributed by atoms with E-state index in [4.69, 9.17) is 0 Å². The van der Waals surface area contributed by atoms with Crippen LogP contribution >= 0.6 is 11.8 Å². The molecule has 0 bridgehead atoms. The van der Waals surface area contributed by atoms with Gasteiger partial charge in [0.25, 0.3) is 5.91 Å². The van der Waals surface area contributed by atoms with E-state index < -0.39 is 0 Å². The number of benzene rings is 1. The largest absolute Gasteiger partial charge is 0.356 e. The number of pyridine rings is 1. The zero-order valence-corrected chi connectivity index (χ0v) is 17.4. The molecular weight excluding hydrogens is 382 g/mol. The third kappa shape index (κ3) is 4.74. The Morgan fingerprint density at radius 3 is 2.41 bits per heavy atom. The molecule has 1 N–H and O–H groups in total. The maximum atomic E-state index is 12.8. The molecule has 0 unspecified atom stereocenters. The maximum absolute atomic E-state index is 12.8. The van der Waals surface area contributed by atoms with Crippen LogP contribution in [0.4, 0.5) is 11.5 Å². The van der Waals surface area contributed by atoms with Gasteiger partial charge in [0.15, 0.2) is 5.16 Å². The monoisotopic (exact) mass is 405 g/mol. The lowest BCUT2D eigenvalue weighted by Crippen LogP contribution is -2.24. The number of carbonyl (C=O) groups is 1. The molecule has 0 radical (unpaired) electrons. The van der Waals surface area contributed by atoms with Crippen LogP contribution in [-0.2, 0) is 0 Å². The minimum Gasteiger partial charge on any atom is -0.356 e. The van der Waals surface area contributed by atoms with Gasteiger partial charge in [0.05, 0.1) is 5.56 Å². The van der Waals surface area contributed by atoms with Gasteiger partial charge < -0.3 is 10.2 Å². The van der Waals surface area contributed by atoms with Gasteiger partial charge in [-0.3, -0.25) is 4.79 Å². The summed E-state index contributed by atoms with van der Waals surface area (Å²) in [5.41, 5.74) is 3.26. The summed E-state index contributed by atoms with van der Waals surface area (Å²) in [7, 11) is 0. The summed E-state index contributed by atoms with van der Waals surface area (Å²) >= 11 is 1.51. The van der Waals surface area contributed by atoms with Crippen molar-refractivity contribution in [2.75, 3.05) is 23.3 Å². The second-order valence-corrected chi connectivity index (χ2v) is 8.12. The lowest BCUT2D eigenvalue weighted by Gasteiger charge is -2.19. The summed E-state index contributed by atoms with van der Waals surface area (Å²) in [6.07, 6.45) is 4.02. The van der Waals surface area contributed by atoms with Crippen LogP contribution in [0.2, 0.25) is 0 Å². The summed E-state index contributed by atoms with van der Waals surface area (Å²) in [4.78, 5) is 29.4. The Morgan fingerprint density at radius 1 is 1.03 bits per heavy atom. The van der Waals surface area contributed by atoms with Crippen LogP contribution in [0.15, 0.2) is 58.7 Å². The summed E-state index contributed by atoms with van der Waals surface area (Å²) < 4.78 is 0. The molecule has 3 heterocycles. The van der Waals surface area contributed by atoms with Gasteiger partial charge in [-0.05, 0) is 80.9 Å². The lowest BCUT2D eigenvalue weighted by atomic mass is 10.2. The molecule has 0 spiro atoms. The van der Waals surface area contributed by atoms with E-state index in [0.717, 1.165) is 58.9 Å². The van der Waals surface area contributed by atoms with Crippen LogP contribution in [0.5, 0.6) is 0 Å². The molecule has 7 heteroatoms. The molecule has 0 aliphatic carbocycles. The average Bonchev–Trinajstić information content (AvgIpc) is 3.23. The number of aryl methyl sites for hydroxylation is 2. The van der Waals surface area contributed by atoms with Gasteiger partial charge in [-0.25, -0.2) is 15.0 Å². The molecule has 2 aromatic heterocycles. The topological polar surface area (TPSA) is 71.0 Å². The smallest absolute Gasteiger partial charge is 0.259 e. The Kier molecular flexibility index (Phi) is 5.76. The number of hydrogen-bond acceptors (Lipinski definition) is 6. The fourth-order valence-electron chi connectivity index (χ4n) is 3.40. The first-order chi connectivity index (χ1) is 14.1. The predicted molar refractivity (Wildman–Crippen MR) is 116 cm³/mol. The first-order valence-electron chi connectivity index (χ1n) is 9.70. The number of amides is 1. The zero-order valence-electron chi connectivity index (χ0n) is 16.6. The molecular formula is C22H23N5OS. The maximum Gasteiger partial charge on any atom is 0.259 e. The van der Waals surface area contributed by atoms with Gasteiger partial charge in [-0.15, -0.1) is 0 Å². The van der Waals surface area contributed by atoms with Crippen molar-refractivity contribution in [1.29, 1.82) is 0 Å². The van der Waals surface area contributed by atoms with Crippen molar-refractivity contribution in [2.24, 2.45) is 0 Å². The number of nitrogens with one attached hydrogen (secondary N) is 1. The standard InChI is InChI=1S/C22H23N5OS/c1-15-14-16(2)25-22(24-15)29-18-9-7-17(8-10-18)26-21(28)19-6-5-11-23-20(19)27-12-3-4-13-27/h5-11,14H,3-4,12-13H2,1-2H3,(H,26,28). The van der Waals surface area contributed by atoms with Crippen molar-refractivity contribution in [3.63, 3.8) is 0 Å². The molecule has 148 valence electrons. The molecule has 3 aromatic rings. The van der Waals surface area contributed by atoms with Gasteiger partial charge in [-0.1, -0.05) is 0 Å². The van der Waals surface area contributed by atoms with E-state index in [1.165, 1.54) is 11.8 Å². The minimum atomic E-state index is -0.141. The second-order valence-electron chi connectivity index (χ2n) is 7.08. The number of nitrogens with zero attached hydrogens (tertiary/aromatic N) is 4. The summed E-state index contributed by atoms with van der Waals surface area (Å²) in [6, 6.07) is 13.3. The minimum absolute atomic E-state index is 0.141. The molecule has 0 saturated carbocycles. The third-order valence-electron chi connectivity index (χ3n) is 4.72. The van der Waals surface area contributed by atoms with Crippen LogP contribution in [0.3, 0.4) is 0 Å². The highest BCUT2D eigenvalue weighted by Gasteiger charge is 2.20. The van der Waals surface area contributed by atoms with Gasteiger partial charge in [0.2, 0.25) is 0 Å². The fourth-order valence-corrected chi connectivity index (χ4v) is 4.27. The van der Waals surface area contributed by atoms with Gasteiger partial charge >= 0.3 is 0 Å². The SMILES string of the molecule is Cc1cc(C)nc(Sc2ccc(NC(=O)c3cccnc3N3CCCC3)cc2)n1. The Hall–Kier alpha value is -2.93. The Balaban J connectivity index is 1.46. The lowest BCUT2D eigenvalue weighted by molar-refractivity contribution is 0.102. The Morgan fingerprint density at radius 2 is 1.72 bits per heavy atom. The van der Waals surface area contributed by atoms with Crippen LogP contribution in [0.25, 0.3) is 0 Å². The second kappa shape index (κ2) is 8.61. The molecule has 1 aliphatic heterocycles. The summed E-state index contributed by atoms with van der Waals surface area (Å²) in [6.45, 7) is 5.83.